The van der Waals surface area contributed by atoms with Crippen molar-refractivity contribution in [1.29, 1.82) is 0 Å². The Kier molecular flexibility index (Phi) is 5.44. The standard InChI is InChI=1S/C23H14ClFN2O2S/c24-15-9-11-16(12-10-15)27-22(29)19(21(28)26-23(27)30)13-14-5-1-2-6-17(14)18-7-3-4-8-20(18)25/h1-13H,(H,26,28,30). The van der Waals surface area contributed by atoms with E-state index in [9.17, 15) is 14.0 Å². The molecule has 0 unspecified atom stereocenters. The van der Waals surface area contributed by atoms with Gasteiger partial charge in [-0.15, -0.1) is 0 Å². The lowest BCUT2D eigenvalue weighted by Gasteiger charge is -2.29. The van der Waals surface area contributed by atoms with Gasteiger partial charge in [0.2, 0.25) is 0 Å². The first kappa shape index (κ1) is 19.9. The molecule has 3 aromatic rings. The normalized spacial score (nSPS) is 15.5. The van der Waals surface area contributed by atoms with Crippen molar-refractivity contribution in [2.45, 2.75) is 0 Å². The number of amides is 2. The number of nitrogens with one attached hydrogen (secondary N) is 1. The van der Waals surface area contributed by atoms with Crippen molar-refractivity contribution >= 4 is 52.5 Å². The fraction of sp³-hybridized carbons (Fsp3) is 0. The molecular formula is C23H14ClFN2O2S. The van der Waals surface area contributed by atoms with Crippen molar-refractivity contribution in [2.24, 2.45) is 0 Å². The van der Waals surface area contributed by atoms with Crippen LogP contribution in [-0.4, -0.2) is 16.9 Å². The molecule has 1 heterocycles. The molecule has 0 radical (unpaired) electrons. The summed E-state index contributed by atoms with van der Waals surface area (Å²) in [6.07, 6.45) is 1.45. The molecule has 1 aliphatic rings. The minimum Gasteiger partial charge on any atom is -0.298 e. The van der Waals surface area contributed by atoms with Crippen LogP contribution in [-0.2, 0) is 9.59 Å². The van der Waals surface area contributed by atoms with Crippen LogP contribution in [0.15, 0.2) is 78.4 Å². The van der Waals surface area contributed by atoms with Crippen molar-refractivity contribution in [1.82, 2.24) is 5.32 Å². The van der Waals surface area contributed by atoms with Crippen LogP contribution in [0.25, 0.3) is 17.2 Å². The van der Waals surface area contributed by atoms with E-state index in [1.54, 1.807) is 66.7 Å². The van der Waals surface area contributed by atoms with Crippen LogP contribution in [0.1, 0.15) is 5.56 Å². The number of anilines is 1. The second-order valence-corrected chi connectivity index (χ2v) is 7.32. The van der Waals surface area contributed by atoms with Gasteiger partial charge in [0.05, 0.1) is 5.69 Å². The number of carbonyl (C=O) groups is 2. The zero-order chi connectivity index (χ0) is 21.3. The minimum atomic E-state index is -0.612. The third kappa shape index (κ3) is 3.75. The van der Waals surface area contributed by atoms with Crippen LogP contribution in [0.2, 0.25) is 5.02 Å². The summed E-state index contributed by atoms with van der Waals surface area (Å²) in [5, 5.41) is 3.02. The van der Waals surface area contributed by atoms with Crippen molar-refractivity contribution in [3.63, 3.8) is 0 Å². The molecular weight excluding hydrogens is 423 g/mol. The first-order valence-electron chi connectivity index (χ1n) is 8.96. The molecule has 0 aromatic heterocycles. The summed E-state index contributed by atoms with van der Waals surface area (Å²) in [4.78, 5) is 26.9. The highest BCUT2D eigenvalue weighted by Crippen LogP contribution is 2.29. The third-order valence-electron chi connectivity index (χ3n) is 4.61. The van der Waals surface area contributed by atoms with Crippen molar-refractivity contribution < 1.29 is 14.0 Å². The fourth-order valence-corrected chi connectivity index (χ4v) is 3.59. The molecule has 1 saturated heterocycles. The van der Waals surface area contributed by atoms with E-state index in [0.717, 1.165) is 0 Å². The molecule has 30 heavy (non-hydrogen) atoms. The number of nitrogens with zero attached hydrogens (tertiary/aromatic N) is 1. The molecule has 1 aliphatic heterocycles. The summed E-state index contributed by atoms with van der Waals surface area (Å²) in [5.41, 5.74) is 1.84. The Morgan fingerprint density at radius 3 is 2.23 bits per heavy atom. The predicted octanol–water partition coefficient (Wildman–Crippen LogP) is 4.98. The van der Waals surface area contributed by atoms with E-state index in [1.807, 2.05) is 0 Å². The first-order chi connectivity index (χ1) is 14.5. The molecule has 0 bridgehead atoms. The zero-order valence-corrected chi connectivity index (χ0v) is 17.0. The van der Waals surface area contributed by atoms with Gasteiger partial charge in [-0.2, -0.15) is 0 Å². The van der Waals surface area contributed by atoms with Gasteiger partial charge in [-0.3, -0.25) is 19.8 Å². The van der Waals surface area contributed by atoms with E-state index >= 15 is 0 Å². The Hall–Kier alpha value is -3.35. The summed E-state index contributed by atoms with van der Waals surface area (Å²) in [5.74, 6) is -1.58. The lowest BCUT2D eigenvalue weighted by molar-refractivity contribution is -0.122. The van der Waals surface area contributed by atoms with Gasteiger partial charge in [-0.05, 0) is 59.8 Å². The van der Waals surface area contributed by atoms with Crippen molar-refractivity contribution in [3.05, 3.63) is 94.8 Å². The molecule has 0 spiro atoms. The van der Waals surface area contributed by atoms with Gasteiger partial charge in [0.15, 0.2) is 5.11 Å². The number of carbonyl (C=O) groups excluding carboxylic acids is 2. The SMILES string of the molecule is O=C1NC(=S)N(c2ccc(Cl)cc2)C(=O)C1=Cc1ccccc1-c1ccccc1F. The summed E-state index contributed by atoms with van der Waals surface area (Å²) in [6.45, 7) is 0. The maximum atomic E-state index is 14.4. The van der Waals surface area contributed by atoms with Crippen LogP contribution < -0.4 is 10.2 Å². The van der Waals surface area contributed by atoms with Crippen LogP contribution in [0, 0.1) is 5.82 Å². The van der Waals surface area contributed by atoms with Gasteiger partial charge in [-0.25, -0.2) is 4.39 Å². The van der Waals surface area contributed by atoms with E-state index < -0.39 is 17.6 Å². The molecule has 4 rings (SSSR count). The molecule has 148 valence electrons. The third-order valence-corrected chi connectivity index (χ3v) is 5.15. The molecule has 4 nitrogen and oxygen atoms in total. The maximum Gasteiger partial charge on any atom is 0.270 e. The quantitative estimate of drug-likeness (QED) is 0.358. The topological polar surface area (TPSA) is 49.4 Å². The van der Waals surface area contributed by atoms with E-state index in [1.165, 1.54) is 17.0 Å². The summed E-state index contributed by atoms with van der Waals surface area (Å²) < 4.78 is 14.4. The lowest BCUT2D eigenvalue weighted by Crippen LogP contribution is -2.54. The number of hydrogen-bond acceptors (Lipinski definition) is 3. The average Bonchev–Trinajstić information content (AvgIpc) is 2.73. The molecule has 0 aliphatic carbocycles. The molecule has 7 heteroatoms. The highest BCUT2D eigenvalue weighted by molar-refractivity contribution is 7.80. The predicted molar refractivity (Wildman–Crippen MR) is 119 cm³/mol. The Bertz CT molecular complexity index is 1210. The molecule has 2 amide bonds. The number of hydrogen-bond donors (Lipinski definition) is 1. The average molecular weight is 437 g/mol. The monoisotopic (exact) mass is 436 g/mol. The van der Waals surface area contributed by atoms with Crippen LogP contribution in [0.3, 0.4) is 0 Å². The maximum absolute atomic E-state index is 14.4. The smallest absolute Gasteiger partial charge is 0.270 e. The number of halogens is 2. The zero-order valence-electron chi connectivity index (χ0n) is 15.4. The minimum absolute atomic E-state index is 0.0214. The van der Waals surface area contributed by atoms with Gasteiger partial charge in [0.25, 0.3) is 11.8 Å². The first-order valence-corrected chi connectivity index (χ1v) is 9.75. The summed E-state index contributed by atoms with van der Waals surface area (Å²) in [6, 6.07) is 19.8. The molecule has 0 atom stereocenters. The molecule has 0 saturated carbocycles. The van der Waals surface area contributed by atoms with E-state index in [2.05, 4.69) is 5.32 Å². The van der Waals surface area contributed by atoms with Crippen LogP contribution in [0.5, 0.6) is 0 Å². The second kappa shape index (κ2) is 8.18. The Morgan fingerprint density at radius 1 is 0.900 bits per heavy atom. The second-order valence-electron chi connectivity index (χ2n) is 6.50. The van der Waals surface area contributed by atoms with Crippen molar-refractivity contribution in [3.8, 4) is 11.1 Å². The van der Waals surface area contributed by atoms with Gasteiger partial charge >= 0.3 is 0 Å². The van der Waals surface area contributed by atoms with E-state index in [0.29, 0.717) is 27.4 Å². The molecule has 3 aromatic carbocycles. The van der Waals surface area contributed by atoms with Crippen LogP contribution in [0.4, 0.5) is 10.1 Å². The Morgan fingerprint density at radius 2 is 1.53 bits per heavy atom. The largest absolute Gasteiger partial charge is 0.298 e. The van der Waals surface area contributed by atoms with Gasteiger partial charge in [0.1, 0.15) is 11.4 Å². The lowest BCUT2D eigenvalue weighted by atomic mass is 9.97. The highest BCUT2D eigenvalue weighted by Gasteiger charge is 2.34. The number of rotatable bonds is 3. The van der Waals surface area contributed by atoms with Crippen LogP contribution >= 0.6 is 23.8 Å². The Labute approximate surface area is 182 Å². The molecule has 1 N–H and O–H groups in total. The van der Waals surface area contributed by atoms with E-state index in [4.69, 9.17) is 23.8 Å². The van der Waals surface area contributed by atoms with Crippen molar-refractivity contribution in [2.75, 3.05) is 4.90 Å². The summed E-state index contributed by atoms with van der Waals surface area (Å²) >= 11 is 11.1. The van der Waals surface area contributed by atoms with E-state index in [-0.39, 0.29) is 10.7 Å². The van der Waals surface area contributed by atoms with Gasteiger partial charge < -0.3 is 0 Å². The highest BCUT2D eigenvalue weighted by atomic mass is 35.5. The number of benzene rings is 3. The summed E-state index contributed by atoms with van der Waals surface area (Å²) in [7, 11) is 0. The fourth-order valence-electron chi connectivity index (χ4n) is 3.19. The van der Waals surface area contributed by atoms with Gasteiger partial charge in [-0.1, -0.05) is 54.1 Å². The number of thiocarbonyl (C=S) groups is 1. The van der Waals surface area contributed by atoms with Gasteiger partial charge in [0, 0.05) is 10.6 Å². The Balaban J connectivity index is 1.79. The molecule has 1 fully saturated rings.